The third-order valence-electron chi connectivity index (χ3n) is 3.51. The van der Waals surface area contributed by atoms with Crippen molar-refractivity contribution in [1.29, 1.82) is 0 Å². The molecule has 136 valence electrons. The van der Waals surface area contributed by atoms with E-state index in [-0.39, 0.29) is 23.3 Å². The van der Waals surface area contributed by atoms with E-state index in [1.54, 1.807) is 50.5 Å². The molecule has 0 saturated carbocycles. The maximum absolute atomic E-state index is 11.9. The van der Waals surface area contributed by atoms with Crippen molar-refractivity contribution in [3.05, 3.63) is 69.8 Å². The molecule has 2 amide bonds. The molecular weight excluding hydrogens is 354 g/mol. The van der Waals surface area contributed by atoms with E-state index in [1.165, 1.54) is 28.8 Å². The summed E-state index contributed by atoms with van der Waals surface area (Å²) in [6.45, 7) is 0.371. The zero-order valence-electron chi connectivity index (χ0n) is 14.5. The van der Waals surface area contributed by atoms with Crippen molar-refractivity contribution in [1.82, 2.24) is 10.2 Å². The fourth-order valence-electron chi connectivity index (χ4n) is 2.09. The summed E-state index contributed by atoms with van der Waals surface area (Å²) in [4.78, 5) is 36.2. The second kappa shape index (κ2) is 9.00. The second-order valence-corrected chi connectivity index (χ2v) is 6.76. The number of carbonyl (C=O) groups is 2. The van der Waals surface area contributed by atoms with Gasteiger partial charge in [-0.15, -0.1) is 11.8 Å². The molecule has 0 aliphatic rings. The van der Waals surface area contributed by atoms with Crippen LogP contribution in [-0.2, 0) is 11.3 Å². The van der Waals surface area contributed by atoms with Crippen LogP contribution < -0.4 is 5.32 Å². The lowest BCUT2D eigenvalue weighted by atomic mass is 10.1. The summed E-state index contributed by atoms with van der Waals surface area (Å²) in [6, 6.07) is 13.1. The van der Waals surface area contributed by atoms with Crippen molar-refractivity contribution in [3.8, 4) is 0 Å². The van der Waals surface area contributed by atoms with Crippen LogP contribution in [0.3, 0.4) is 0 Å². The Hall–Kier alpha value is -2.87. The van der Waals surface area contributed by atoms with Crippen molar-refractivity contribution < 1.29 is 14.5 Å². The average molecular weight is 373 g/mol. The minimum absolute atomic E-state index is 0.0231. The van der Waals surface area contributed by atoms with Crippen molar-refractivity contribution in [3.63, 3.8) is 0 Å². The van der Waals surface area contributed by atoms with Crippen molar-refractivity contribution >= 4 is 29.3 Å². The lowest BCUT2D eigenvalue weighted by Crippen LogP contribution is -2.24. The summed E-state index contributed by atoms with van der Waals surface area (Å²) < 4.78 is 0. The summed E-state index contributed by atoms with van der Waals surface area (Å²) in [5, 5.41) is 13.4. The monoisotopic (exact) mass is 373 g/mol. The lowest BCUT2D eigenvalue weighted by Gasteiger charge is -2.11. The van der Waals surface area contributed by atoms with Gasteiger partial charge in [0.2, 0.25) is 5.91 Å². The van der Waals surface area contributed by atoms with Gasteiger partial charge in [0.15, 0.2) is 0 Å². The number of nitro benzene ring substituents is 1. The first-order chi connectivity index (χ1) is 12.4. The number of hydrogen-bond donors (Lipinski definition) is 1. The first kappa shape index (κ1) is 19.5. The van der Waals surface area contributed by atoms with Gasteiger partial charge in [-0.05, 0) is 29.8 Å². The Bertz CT molecular complexity index is 789. The molecule has 0 unspecified atom stereocenters. The van der Waals surface area contributed by atoms with Crippen LogP contribution in [0.4, 0.5) is 5.69 Å². The number of amides is 2. The third kappa shape index (κ3) is 5.59. The molecule has 0 atom stereocenters. The first-order valence-corrected chi connectivity index (χ1v) is 8.80. The summed E-state index contributed by atoms with van der Waals surface area (Å²) in [6.07, 6.45) is 0. The minimum Gasteiger partial charge on any atom is -0.351 e. The van der Waals surface area contributed by atoms with Gasteiger partial charge in [0.05, 0.1) is 10.7 Å². The lowest BCUT2D eigenvalue weighted by molar-refractivity contribution is -0.384. The van der Waals surface area contributed by atoms with Gasteiger partial charge >= 0.3 is 0 Å². The topological polar surface area (TPSA) is 92.6 Å². The van der Waals surface area contributed by atoms with Gasteiger partial charge in [-0.25, -0.2) is 0 Å². The number of nitro groups is 1. The van der Waals surface area contributed by atoms with E-state index in [4.69, 9.17) is 0 Å². The van der Waals surface area contributed by atoms with E-state index in [1.807, 2.05) is 0 Å². The normalized spacial score (nSPS) is 10.2. The Morgan fingerprint density at radius 1 is 1.08 bits per heavy atom. The number of carbonyl (C=O) groups excluding carboxylic acids is 2. The molecule has 26 heavy (non-hydrogen) atoms. The molecule has 0 saturated heterocycles. The molecule has 0 fully saturated rings. The highest BCUT2D eigenvalue weighted by Gasteiger charge is 2.09. The van der Waals surface area contributed by atoms with Gasteiger partial charge in [-0.2, -0.15) is 0 Å². The van der Waals surface area contributed by atoms with Gasteiger partial charge in [0.25, 0.3) is 11.6 Å². The van der Waals surface area contributed by atoms with Crippen LogP contribution in [0.5, 0.6) is 0 Å². The van der Waals surface area contributed by atoms with Crippen LogP contribution in [-0.4, -0.2) is 41.5 Å². The maximum Gasteiger partial charge on any atom is 0.269 e. The molecular formula is C18H19N3O4S. The van der Waals surface area contributed by atoms with E-state index >= 15 is 0 Å². The summed E-state index contributed by atoms with van der Waals surface area (Å²) in [7, 11) is 3.39. The van der Waals surface area contributed by atoms with Crippen LogP contribution in [0.15, 0.2) is 53.4 Å². The molecule has 0 radical (unpaired) electrons. The molecule has 7 nitrogen and oxygen atoms in total. The van der Waals surface area contributed by atoms with Gasteiger partial charge in [-0.3, -0.25) is 19.7 Å². The number of non-ortho nitro benzene ring substituents is 1. The van der Waals surface area contributed by atoms with Gasteiger partial charge in [0, 0.05) is 43.2 Å². The highest BCUT2D eigenvalue weighted by molar-refractivity contribution is 8.00. The number of nitrogens with one attached hydrogen (secondary N) is 1. The predicted octanol–water partition coefficient (Wildman–Crippen LogP) is 2.71. The fraction of sp³-hybridized carbons (Fsp3) is 0.222. The summed E-state index contributed by atoms with van der Waals surface area (Å²) in [5.41, 5.74) is 1.52. The number of nitrogens with zero attached hydrogens (tertiary/aromatic N) is 2. The molecule has 2 aromatic carbocycles. The molecule has 0 heterocycles. The molecule has 1 N–H and O–H groups in total. The van der Waals surface area contributed by atoms with E-state index in [9.17, 15) is 19.7 Å². The second-order valence-electron chi connectivity index (χ2n) is 5.71. The van der Waals surface area contributed by atoms with Crippen LogP contribution in [0.2, 0.25) is 0 Å². The number of thioether (sulfide) groups is 1. The maximum atomic E-state index is 11.9. The standard InChI is InChI=1S/C18H19N3O4S/c1-20(2)18(23)14-5-3-13(4-6-14)11-19-17(22)12-26-16-9-7-15(8-10-16)21(24)25/h3-10H,11-12H2,1-2H3,(H,19,22). The van der Waals surface area contributed by atoms with Crippen molar-refractivity contribution in [2.75, 3.05) is 19.8 Å². The summed E-state index contributed by atoms with van der Waals surface area (Å²) in [5.74, 6) is 0.0107. The molecule has 2 rings (SSSR count). The Morgan fingerprint density at radius 3 is 2.23 bits per heavy atom. The van der Waals surface area contributed by atoms with E-state index in [0.29, 0.717) is 12.1 Å². The van der Waals surface area contributed by atoms with Crippen molar-refractivity contribution in [2.45, 2.75) is 11.4 Å². The van der Waals surface area contributed by atoms with Gasteiger partial charge < -0.3 is 10.2 Å². The fourth-order valence-corrected chi connectivity index (χ4v) is 2.82. The van der Waals surface area contributed by atoms with Crippen molar-refractivity contribution in [2.24, 2.45) is 0 Å². The van der Waals surface area contributed by atoms with E-state index in [0.717, 1.165) is 10.5 Å². The minimum atomic E-state index is -0.460. The molecule has 8 heteroatoms. The molecule has 0 aromatic heterocycles. The Labute approximate surface area is 155 Å². The zero-order chi connectivity index (χ0) is 19.1. The Kier molecular flexibility index (Phi) is 6.74. The predicted molar refractivity (Wildman–Crippen MR) is 100 cm³/mol. The average Bonchev–Trinajstić information content (AvgIpc) is 2.64. The zero-order valence-corrected chi connectivity index (χ0v) is 15.3. The largest absolute Gasteiger partial charge is 0.351 e. The molecule has 0 spiro atoms. The molecule has 2 aromatic rings. The quantitative estimate of drug-likeness (QED) is 0.458. The number of hydrogen-bond acceptors (Lipinski definition) is 5. The Balaban J connectivity index is 1.79. The number of benzene rings is 2. The van der Waals surface area contributed by atoms with Crippen LogP contribution in [0.1, 0.15) is 15.9 Å². The highest BCUT2D eigenvalue weighted by atomic mass is 32.2. The van der Waals surface area contributed by atoms with Gasteiger partial charge in [0.1, 0.15) is 0 Å². The van der Waals surface area contributed by atoms with Crippen LogP contribution in [0, 0.1) is 10.1 Å². The van der Waals surface area contributed by atoms with Gasteiger partial charge in [-0.1, -0.05) is 12.1 Å². The SMILES string of the molecule is CN(C)C(=O)c1ccc(CNC(=O)CSc2ccc([N+](=O)[O-])cc2)cc1. The van der Waals surface area contributed by atoms with E-state index < -0.39 is 4.92 Å². The first-order valence-electron chi connectivity index (χ1n) is 7.81. The number of rotatable bonds is 7. The van der Waals surface area contributed by atoms with Crippen LogP contribution in [0.25, 0.3) is 0 Å². The molecule has 0 bridgehead atoms. The van der Waals surface area contributed by atoms with Crippen LogP contribution >= 0.6 is 11.8 Å². The molecule has 0 aliphatic carbocycles. The van der Waals surface area contributed by atoms with E-state index in [2.05, 4.69) is 5.32 Å². The Morgan fingerprint density at radius 2 is 1.69 bits per heavy atom. The highest BCUT2D eigenvalue weighted by Crippen LogP contribution is 2.21. The molecule has 0 aliphatic heterocycles. The summed E-state index contributed by atoms with van der Waals surface area (Å²) >= 11 is 1.31. The third-order valence-corrected chi connectivity index (χ3v) is 4.53. The smallest absolute Gasteiger partial charge is 0.269 e.